The van der Waals surface area contributed by atoms with Crippen molar-refractivity contribution in [2.75, 3.05) is 0 Å². The van der Waals surface area contributed by atoms with Crippen LogP contribution in [0.1, 0.15) is 0 Å². The van der Waals surface area contributed by atoms with Crippen LogP contribution in [0.15, 0.2) is 10.3 Å². The first-order valence-corrected chi connectivity index (χ1v) is 2.52. The van der Waals surface area contributed by atoms with Gasteiger partial charge in [0.05, 0.1) is 10.3 Å². The normalized spacial score (nSPS) is 8.00. The van der Waals surface area contributed by atoms with Crippen molar-refractivity contribution < 1.29 is 17.4 Å². The molecule has 0 saturated carbocycles. The van der Waals surface area contributed by atoms with E-state index in [-0.39, 0.29) is 27.7 Å². The van der Waals surface area contributed by atoms with Gasteiger partial charge in [-0.1, -0.05) is 0 Å². The van der Waals surface area contributed by atoms with Gasteiger partial charge >= 0.3 is 17.4 Å². The van der Waals surface area contributed by atoms with Crippen molar-refractivity contribution in [1.82, 2.24) is 20.4 Å². The first kappa shape index (κ1) is 8.91. The molecule has 0 amide bonds. The van der Waals surface area contributed by atoms with Crippen molar-refractivity contribution in [2.45, 2.75) is 10.3 Å². The molecule has 0 aliphatic heterocycles. The van der Waals surface area contributed by atoms with Crippen LogP contribution in [0.2, 0.25) is 0 Å². The summed E-state index contributed by atoms with van der Waals surface area (Å²) < 4.78 is 0. The zero-order valence-corrected chi connectivity index (χ0v) is 6.92. The molecule has 7 heteroatoms. The molecular weight excluding hydrogens is 196 g/mol. The van der Waals surface area contributed by atoms with Gasteiger partial charge in [-0.25, -0.2) is 0 Å². The summed E-state index contributed by atoms with van der Waals surface area (Å²) in [5.74, 6) is 0. The van der Waals surface area contributed by atoms with Crippen molar-refractivity contribution in [3.8, 4) is 0 Å². The maximum absolute atomic E-state index is 4.48. The van der Waals surface area contributed by atoms with Crippen LogP contribution in [0.25, 0.3) is 0 Å². The van der Waals surface area contributed by atoms with Crippen molar-refractivity contribution in [3.05, 3.63) is 0 Å². The molecule has 0 aliphatic carbocycles. The van der Waals surface area contributed by atoms with E-state index in [1.807, 2.05) is 0 Å². The Morgan fingerprint density at radius 1 is 0.778 bits per heavy atom. The number of rotatable bonds is 0. The maximum Gasteiger partial charge on any atom is 2.00 e. The Kier molecular flexibility index (Phi) is 3.81. The fourth-order valence-corrected chi connectivity index (χ4v) is 0.374. The van der Waals surface area contributed by atoms with Crippen LogP contribution in [-0.2, 0) is 42.6 Å². The van der Waals surface area contributed by atoms with E-state index in [4.69, 9.17) is 0 Å². The van der Waals surface area contributed by atoms with E-state index in [2.05, 4.69) is 45.7 Å². The molecule has 1 rings (SSSR count). The first-order chi connectivity index (χ1) is 3.79. The second-order valence-electron chi connectivity index (χ2n) is 0.965. The summed E-state index contributed by atoms with van der Waals surface area (Å²) in [5.41, 5.74) is 0. The number of nitrogens with zero attached hydrogens (tertiary/aromatic N) is 4. The smallest absolute Gasteiger partial charge is 0.736 e. The summed E-state index contributed by atoms with van der Waals surface area (Å²) in [4.78, 5) is 0. The van der Waals surface area contributed by atoms with E-state index in [0.717, 1.165) is 0 Å². The minimum Gasteiger partial charge on any atom is -0.736 e. The third-order valence-electron chi connectivity index (χ3n) is 0.442. The fraction of sp³-hybridized carbons (Fsp3) is 0. The first-order valence-electron chi connectivity index (χ1n) is 1.70. The minimum atomic E-state index is 0. The van der Waals surface area contributed by atoms with Crippen molar-refractivity contribution in [1.29, 1.82) is 0 Å². The van der Waals surface area contributed by atoms with E-state index < -0.39 is 0 Å². The van der Waals surface area contributed by atoms with E-state index in [1.165, 1.54) is 0 Å². The van der Waals surface area contributed by atoms with E-state index in [1.54, 1.807) is 0 Å². The number of hydrogen-bond acceptors (Lipinski definition) is 6. The summed E-state index contributed by atoms with van der Waals surface area (Å²) in [6, 6.07) is 0. The second-order valence-corrected chi connectivity index (χ2v) is 1.70. The Labute approximate surface area is 73.4 Å². The SMILES string of the molecule is [Cr+2].[S-]c1nnc([S-])nn1. The zero-order valence-electron chi connectivity index (χ0n) is 4.01. The third-order valence-corrected chi connectivity index (χ3v) is 0.769. The predicted molar refractivity (Wildman–Crippen MR) is 28.9 cm³/mol. The molecule has 0 unspecified atom stereocenters. The monoisotopic (exact) mass is 196 g/mol. The Morgan fingerprint density at radius 2 is 1.00 bits per heavy atom. The number of aromatic nitrogens is 4. The summed E-state index contributed by atoms with van der Waals surface area (Å²) in [6.07, 6.45) is 0. The average Bonchev–Trinajstić information content (AvgIpc) is 1.77. The van der Waals surface area contributed by atoms with Gasteiger partial charge in [0.15, 0.2) is 0 Å². The fourth-order valence-electron chi connectivity index (χ4n) is 0.211. The van der Waals surface area contributed by atoms with Crippen LogP contribution in [0.4, 0.5) is 0 Å². The molecule has 0 bridgehead atoms. The molecule has 0 fully saturated rings. The molecule has 46 valence electrons. The summed E-state index contributed by atoms with van der Waals surface area (Å²) in [5, 5.41) is 13.7. The van der Waals surface area contributed by atoms with Gasteiger partial charge in [0.25, 0.3) is 0 Å². The topological polar surface area (TPSA) is 51.6 Å². The van der Waals surface area contributed by atoms with Gasteiger partial charge in [0.1, 0.15) is 0 Å². The molecule has 0 aliphatic rings. The Balaban J connectivity index is 0.000000640. The van der Waals surface area contributed by atoms with Gasteiger partial charge in [-0.2, -0.15) is 20.4 Å². The summed E-state index contributed by atoms with van der Waals surface area (Å²) in [7, 11) is 0. The molecule has 0 N–H and O–H groups in total. The molecule has 4 nitrogen and oxygen atoms in total. The molecule has 0 atom stereocenters. The van der Waals surface area contributed by atoms with E-state index in [0.29, 0.717) is 0 Å². The molecule has 9 heavy (non-hydrogen) atoms. The van der Waals surface area contributed by atoms with Gasteiger partial charge in [0.2, 0.25) is 0 Å². The Bertz CT molecular complexity index is 155. The van der Waals surface area contributed by atoms with Crippen molar-refractivity contribution in [3.63, 3.8) is 0 Å². The molecule has 1 aromatic rings. The Morgan fingerprint density at radius 3 is 1.22 bits per heavy atom. The third kappa shape index (κ3) is 2.82. The van der Waals surface area contributed by atoms with Crippen LogP contribution in [-0.4, -0.2) is 20.4 Å². The minimum absolute atomic E-state index is 0. The van der Waals surface area contributed by atoms with Crippen molar-refractivity contribution >= 4 is 25.3 Å². The Hall–Kier alpha value is -0.0875. The van der Waals surface area contributed by atoms with Gasteiger partial charge in [0, 0.05) is 0 Å². The summed E-state index contributed by atoms with van der Waals surface area (Å²) >= 11 is 8.96. The van der Waals surface area contributed by atoms with Crippen LogP contribution < -0.4 is 0 Å². The molecular formula is C2CrN4S2. The van der Waals surface area contributed by atoms with E-state index >= 15 is 0 Å². The summed E-state index contributed by atoms with van der Waals surface area (Å²) in [6.45, 7) is 0. The van der Waals surface area contributed by atoms with Crippen LogP contribution in [0.3, 0.4) is 0 Å². The largest absolute Gasteiger partial charge is 2.00 e. The van der Waals surface area contributed by atoms with Crippen molar-refractivity contribution in [2.24, 2.45) is 0 Å². The van der Waals surface area contributed by atoms with Gasteiger partial charge in [-0.3, -0.25) is 0 Å². The van der Waals surface area contributed by atoms with Gasteiger partial charge < -0.3 is 25.3 Å². The quantitative estimate of drug-likeness (QED) is 0.500. The second kappa shape index (κ2) is 3.85. The average molecular weight is 196 g/mol. The van der Waals surface area contributed by atoms with Crippen LogP contribution in [0.5, 0.6) is 0 Å². The zero-order chi connectivity index (χ0) is 5.98. The standard InChI is InChI=1S/C2H2N4S2.Cr/c7-1-3-5-2(8)6-4-1;/h(H,3,4,7)(H,5,6,8);/q;+2/p-2. The predicted octanol–water partition coefficient (Wildman–Crippen LogP) is -0.924. The van der Waals surface area contributed by atoms with Gasteiger partial charge in [-0.05, 0) is 0 Å². The molecule has 1 heterocycles. The molecule has 1 aromatic heterocycles. The molecule has 0 saturated heterocycles. The molecule has 0 spiro atoms. The van der Waals surface area contributed by atoms with Crippen LogP contribution >= 0.6 is 0 Å². The van der Waals surface area contributed by atoms with E-state index in [9.17, 15) is 0 Å². The maximum atomic E-state index is 4.48. The van der Waals surface area contributed by atoms with Crippen LogP contribution in [0, 0.1) is 0 Å². The number of hydrogen-bond donors (Lipinski definition) is 0. The molecule has 0 radical (unpaired) electrons. The van der Waals surface area contributed by atoms with Gasteiger partial charge in [-0.15, -0.1) is 0 Å². The molecule has 0 aromatic carbocycles.